The second-order valence-electron chi connectivity index (χ2n) is 4.12. The SMILES string of the molecule is Cc1cc(CC(=O)NCC(C)C(=O)O)n(C)n1. The lowest BCUT2D eigenvalue weighted by Gasteiger charge is -2.08. The van der Waals surface area contributed by atoms with Crippen LogP contribution in [0.4, 0.5) is 0 Å². The number of rotatable bonds is 5. The molecule has 0 saturated heterocycles. The maximum atomic E-state index is 11.6. The van der Waals surface area contributed by atoms with Crippen molar-refractivity contribution in [3.8, 4) is 0 Å². The molecule has 0 radical (unpaired) electrons. The molecule has 1 unspecified atom stereocenters. The minimum Gasteiger partial charge on any atom is -0.481 e. The molecule has 0 aliphatic rings. The monoisotopic (exact) mass is 239 g/mol. The Morgan fingerprint density at radius 1 is 1.59 bits per heavy atom. The van der Waals surface area contributed by atoms with Crippen molar-refractivity contribution >= 4 is 11.9 Å². The maximum absolute atomic E-state index is 11.6. The molecule has 1 rings (SSSR count). The number of carboxylic acids is 1. The van der Waals surface area contributed by atoms with Crippen LogP contribution in [0.5, 0.6) is 0 Å². The number of carbonyl (C=O) groups excluding carboxylic acids is 1. The summed E-state index contributed by atoms with van der Waals surface area (Å²) in [7, 11) is 1.77. The average Bonchev–Trinajstić information content (AvgIpc) is 2.53. The Morgan fingerprint density at radius 2 is 2.24 bits per heavy atom. The minimum absolute atomic E-state index is 0.144. The van der Waals surface area contributed by atoms with Crippen molar-refractivity contribution in [2.75, 3.05) is 6.54 Å². The number of carboxylic acid groups (broad SMARTS) is 1. The Kier molecular flexibility index (Phi) is 4.25. The summed E-state index contributed by atoms with van der Waals surface area (Å²) in [6, 6.07) is 1.83. The van der Waals surface area contributed by atoms with Gasteiger partial charge in [-0.1, -0.05) is 6.92 Å². The highest BCUT2D eigenvalue weighted by atomic mass is 16.4. The molecule has 1 aromatic heterocycles. The highest BCUT2D eigenvalue weighted by Crippen LogP contribution is 2.02. The first kappa shape index (κ1) is 13.2. The lowest BCUT2D eigenvalue weighted by molar-refractivity contribution is -0.141. The van der Waals surface area contributed by atoms with E-state index in [1.165, 1.54) is 0 Å². The number of amides is 1. The summed E-state index contributed by atoms with van der Waals surface area (Å²) >= 11 is 0. The van der Waals surface area contributed by atoms with E-state index in [0.29, 0.717) is 0 Å². The molecule has 1 aromatic rings. The lowest BCUT2D eigenvalue weighted by atomic mass is 10.2. The van der Waals surface area contributed by atoms with Crippen LogP contribution in [0.2, 0.25) is 0 Å². The predicted molar refractivity (Wildman–Crippen MR) is 61.5 cm³/mol. The van der Waals surface area contributed by atoms with E-state index >= 15 is 0 Å². The average molecular weight is 239 g/mol. The summed E-state index contributed by atoms with van der Waals surface area (Å²) < 4.78 is 1.65. The predicted octanol–water partition coefficient (Wildman–Crippen LogP) is 0.108. The molecule has 17 heavy (non-hydrogen) atoms. The summed E-state index contributed by atoms with van der Waals surface area (Å²) in [4.78, 5) is 22.1. The van der Waals surface area contributed by atoms with Gasteiger partial charge in [0.15, 0.2) is 0 Å². The van der Waals surface area contributed by atoms with Gasteiger partial charge in [0.05, 0.1) is 18.0 Å². The number of hydrogen-bond donors (Lipinski definition) is 2. The molecule has 1 atom stereocenters. The van der Waals surface area contributed by atoms with E-state index in [1.54, 1.807) is 18.7 Å². The molecule has 0 bridgehead atoms. The van der Waals surface area contributed by atoms with E-state index in [9.17, 15) is 9.59 Å². The molecule has 0 aliphatic heterocycles. The molecular weight excluding hydrogens is 222 g/mol. The second-order valence-corrected chi connectivity index (χ2v) is 4.12. The number of aliphatic carboxylic acids is 1. The van der Waals surface area contributed by atoms with Gasteiger partial charge in [0.2, 0.25) is 5.91 Å². The zero-order valence-corrected chi connectivity index (χ0v) is 10.2. The van der Waals surface area contributed by atoms with Crippen LogP contribution < -0.4 is 5.32 Å². The molecule has 6 nitrogen and oxygen atoms in total. The lowest BCUT2D eigenvalue weighted by Crippen LogP contribution is -2.32. The van der Waals surface area contributed by atoms with Crippen LogP contribution >= 0.6 is 0 Å². The van der Waals surface area contributed by atoms with E-state index in [1.807, 2.05) is 13.0 Å². The molecule has 94 valence electrons. The first-order valence-electron chi connectivity index (χ1n) is 5.39. The quantitative estimate of drug-likeness (QED) is 0.763. The summed E-state index contributed by atoms with van der Waals surface area (Å²) in [6.45, 7) is 3.55. The van der Waals surface area contributed by atoms with Crippen LogP contribution in [0.15, 0.2) is 6.07 Å². The van der Waals surface area contributed by atoms with Gasteiger partial charge < -0.3 is 10.4 Å². The van der Waals surface area contributed by atoms with Crippen molar-refractivity contribution in [1.29, 1.82) is 0 Å². The highest BCUT2D eigenvalue weighted by molar-refractivity contribution is 5.79. The topological polar surface area (TPSA) is 84.2 Å². The molecule has 0 fully saturated rings. The fraction of sp³-hybridized carbons (Fsp3) is 0.545. The molecule has 1 heterocycles. The van der Waals surface area contributed by atoms with Crippen molar-refractivity contribution in [3.63, 3.8) is 0 Å². The molecule has 1 amide bonds. The second kappa shape index (κ2) is 5.47. The van der Waals surface area contributed by atoms with E-state index < -0.39 is 11.9 Å². The fourth-order valence-corrected chi connectivity index (χ4v) is 1.41. The van der Waals surface area contributed by atoms with Crippen LogP contribution in [0.1, 0.15) is 18.3 Å². The van der Waals surface area contributed by atoms with Gasteiger partial charge in [0.1, 0.15) is 0 Å². The molecule has 2 N–H and O–H groups in total. The van der Waals surface area contributed by atoms with Gasteiger partial charge >= 0.3 is 5.97 Å². The summed E-state index contributed by atoms with van der Waals surface area (Å²) in [5.41, 5.74) is 1.66. The van der Waals surface area contributed by atoms with Gasteiger partial charge in [-0.3, -0.25) is 14.3 Å². The van der Waals surface area contributed by atoms with E-state index in [0.717, 1.165) is 11.4 Å². The number of carbonyl (C=O) groups is 2. The Labute approximate surface area is 99.6 Å². The summed E-state index contributed by atoms with van der Waals surface area (Å²) in [5.74, 6) is -1.69. The minimum atomic E-state index is -0.915. The van der Waals surface area contributed by atoms with Gasteiger partial charge in [-0.15, -0.1) is 0 Å². The number of nitrogens with zero attached hydrogens (tertiary/aromatic N) is 2. The highest BCUT2D eigenvalue weighted by Gasteiger charge is 2.13. The first-order valence-corrected chi connectivity index (χ1v) is 5.39. The van der Waals surface area contributed by atoms with Gasteiger partial charge in [0, 0.05) is 19.3 Å². The van der Waals surface area contributed by atoms with E-state index in [-0.39, 0.29) is 18.9 Å². The van der Waals surface area contributed by atoms with Gasteiger partial charge in [0.25, 0.3) is 0 Å². The van der Waals surface area contributed by atoms with Gasteiger partial charge in [-0.2, -0.15) is 5.10 Å². The van der Waals surface area contributed by atoms with E-state index in [4.69, 9.17) is 5.11 Å². The molecule has 0 spiro atoms. The van der Waals surface area contributed by atoms with Crippen LogP contribution in [-0.2, 0) is 23.1 Å². The number of nitrogens with one attached hydrogen (secondary N) is 1. The third kappa shape index (κ3) is 3.90. The molecule has 0 aromatic carbocycles. The third-order valence-corrected chi connectivity index (χ3v) is 2.47. The number of hydrogen-bond acceptors (Lipinski definition) is 3. The smallest absolute Gasteiger partial charge is 0.308 e. The van der Waals surface area contributed by atoms with Crippen molar-refractivity contribution in [1.82, 2.24) is 15.1 Å². The van der Waals surface area contributed by atoms with Crippen LogP contribution in [0, 0.1) is 12.8 Å². The van der Waals surface area contributed by atoms with Crippen molar-refractivity contribution in [2.24, 2.45) is 13.0 Å². The largest absolute Gasteiger partial charge is 0.481 e. The summed E-state index contributed by atoms with van der Waals surface area (Å²) in [6.07, 6.45) is 0.212. The number of aryl methyl sites for hydroxylation is 2. The Hall–Kier alpha value is -1.85. The maximum Gasteiger partial charge on any atom is 0.308 e. The fourth-order valence-electron chi connectivity index (χ4n) is 1.41. The normalized spacial score (nSPS) is 12.2. The van der Waals surface area contributed by atoms with Crippen molar-refractivity contribution in [3.05, 3.63) is 17.5 Å². The molecule has 0 aliphatic carbocycles. The van der Waals surface area contributed by atoms with Gasteiger partial charge in [-0.05, 0) is 13.0 Å². The zero-order valence-electron chi connectivity index (χ0n) is 10.2. The van der Waals surface area contributed by atoms with Crippen LogP contribution in [-0.4, -0.2) is 33.3 Å². The van der Waals surface area contributed by atoms with E-state index in [2.05, 4.69) is 10.4 Å². The third-order valence-electron chi connectivity index (χ3n) is 2.47. The van der Waals surface area contributed by atoms with Gasteiger partial charge in [-0.25, -0.2) is 0 Å². The summed E-state index contributed by atoms with van der Waals surface area (Å²) in [5, 5.41) is 15.4. The standard InChI is InChI=1S/C11H17N3O3/c1-7(11(16)17)6-12-10(15)5-9-4-8(2)13-14(9)3/h4,7H,5-6H2,1-3H3,(H,12,15)(H,16,17). The first-order chi connectivity index (χ1) is 7.90. The van der Waals surface area contributed by atoms with Crippen LogP contribution in [0.3, 0.4) is 0 Å². The molecule has 0 saturated carbocycles. The Bertz CT molecular complexity index is 426. The number of aromatic nitrogens is 2. The van der Waals surface area contributed by atoms with Crippen molar-refractivity contribution < 1.29 is 14.7 Å². The molecular formula is C11H17N3O3. The van der Waals surface area contributed by atoms with Crippen molar-refractivity contribution in [2.45, 2.75) is 20.3 Å². The van der Waals surface area contributed by atoms with Crippen LogP contribution in [0.25, 0.3) is 0 Å². The Balaban J connectivity index is 2.45. The Morgan fingerprint density at radius 3 is 2.71 bits per heavy atom. The molecule has 6 heteroatoms. The zero-order chi connectivity index (χ0) is 13.0.